The molecule has 0 aliphatic carbocycles. The number of aromatic nitrogens is 3. The molecule has 0 spiro atoms. The maximum Gasteiger partial charge on any atom is 0.283 e. The number of nitrogen functional groups attached to an aromatic ring is 1. The highest BCUT2D eigenvalue weighted by Gasteiger charge is 2.11. The van der Waals surface area contributed by atoms with E-state index in [9.17, 15) is 8.42 Å². The van der Waals surface area contributed by atoms with Gasteiger partial charge in [0.05, 0.1) is 0 Å². The van der Waals surface area contributed by atoms with Crippen LogP contribution in [0.2, 0.25) is 0 Å². The molecule has 0 fully saturated rings. The first-order valence-corrected chi connectivity index (χ1v) is 3.74. The molecule has 0 radical (unpaired) electrons. The summed E-state index contributed by atoms with van der Waals surface area (Å²) in [6.45, 7) is 0. The highest BCUT2D eigenvalue weighted by Crippen LogP contribution is 1.92. The van der Waals surface area contributed by atoms with E-state index in [1.807, 2.05) is 0 Å². The molecule has 0 saturated carbocycles. The molecule has 7 nitrogen and oxygen atoms in total. The average molecular weight is 163 g/mol. The minimum atomic E-state index is -3.81. The van der Waals surface area contributed by atoms with E-state index in [4.69, 9.17) is 5.84 Å². The summed E-state index contributed by atoms with van der Waals surface area (Å²) < 4.78 is 20.9. The van der Waals surface area contributed by atoms with Gasteiger partial charge < -0.3 is 5.84 Å². The summed E-state index contributed by atoms with van der Waals surface area (Å²) in [6, 6.07) is 0. The van der Waals surface area contributed by atoms with Gasteiger partial charge in [-0.1, -0.05) is 0 Å². The largest absolute Gasteiger partial charge is 0.322 e. The SMILES string of the molecule is Nn1cnc(S(N)(=O)=O)n1. The van der Waals surface area contributed by atoms with Gasteiger partial charge in [0.2, 0.25) is 0 Å². The van der Waals surface area contributed by atoms with Crippen molar-refractivity contribution in [3.63, 3.8) is 0 Å². The van der Waals surface area contributed by atoms with E-state index in [2.05, 4.69) is 15.2 Å². The molecule has 1 rings (SSSR count). The molecule has 0 aliphatic rings. The van der Waals surface area contributed by atoms with Crippen molar-refractivity contribution in [3.05, 3.63) is 6.33 Å². The lowest BCUT2D eigenvalue weighted by Crippen LogP contribution is -2.16. The molecule has 1 aromatic heterocycles. The lowest BCUT2D eigenvalue weighted by Gasteiger charge is -1.85. The molecule has 4 N–H and O–H groups in total. The Kier molecular flexibility index (Phi) is 1.34. The third kappa shape index (κ3) is 1.22. The van der Waals surface area contributed by atoms with E-state index in [1.165, 1.54) is 0 Å². The van der Waals surface area contributed by atoms with Crippen molar-refractivity contribution in [2.24, 2.45) is 5.14 Å². The van der Waals surface area contributed by atoms with Gasteiger partial charge in [0.15, 0.2) is 0 Å². The second-order valence-electron chi connectivity index (χ2n) is 1.55. The fourth-order valence-electron chi connectivity index (χ4n) is 0.389. The molecule has 1 aromatic rings. The van der Waals surface area contributed by atoms with Crippen LogP contribution in [-0.2, 0) is 10.0 Å². The standard InChI is InChI=1S/C2H5N5O2S/c3-7-1-5-2(6-7)10(4,8)9/h1H,3H2,(H2,4,8,9). The fourth-order valence-corrected chi connectivity index (χ4v) is 0.791. The summed E-state index contributed by atoms with van der Waals surface area (Å²) in [5, 5.41) is 7.42. The molecule has 0 aromatic carbocycles. The van der Waals surface area contributed by atoms with Crippen molar-refractivity contribution in [2.75, 3.05) is 5.84 Å². The minimum Gasteiger partial charge on any atom is -0.322 e. The number of nitrogens with zero attached hydrogens (tertiary/aromatic N) is 3. The second kappa shape index (κ2) is 1.92. The van der Waals surface area contributed by atoms with Gasteiger partial charge in [0.1, 0.15) is 6.33 Å². The zero-order chi connectivity index (χ0) is 7.78. The first-order valence-electron chi connectivity index (χ1n) is 2.19. The Balaban J connectivity index is 3.21. The van der Waals surface area contributed by atoms with Crippen LogP contribution in [0, 0.1) is 0 Å². The van der Waals surface area contributed by atoms with Gasteiger partial charge >= 0.3 is 0 Å². The second-order valence-corrected chi connectivity index (χ2v) is 3.01. The van der Waals surface area contributed by atoms with Gasteiger partial charge in [-0.05, 0) is 0 Å². The number of rotatable bonds is 1. The Labute approximate surface area is 56.7 Å². The van der Waals surface area contributed by atoms with Gasteiger partial charge in [-0.15, -0.1) is 5.10 Å². The smallest absolute Gasteiger partial charge is 0.283 e. The summed E-state index contributed by atoms with van der Waals surface area (Å²) in [5.74, 6) is 5.00. The lowest BCUT2D eigenvalue weighted by atomic mass is 11.3. The molecule has 56 valence electrons. The topological polar surface area (TPSA) is 117 Å². The molecular weight excluding hydrogens is 158 g/mol. The van der Waals surface area contributed by atoms with E-state index in [-0.39, 0.29) is 0 Å². The summed E-state index contributed by atoms with van der Waals surface area (Å²) in [6.07, 6.45) is 1.04. The van der Waals surface area contributed by atoms with Crippen LogP contribution in [-0.4, -0.2) is 23.3 Å². The van der Waals surface area contributed by atoms with Crippen LogP contribution in [0.5, 0.6) is 0 Å². The summed E-state index contributed by atoms with van der Waals surface area (Å²) in [7, 11) is -3.81. The quantitative estimate of drug-likeness (QED) is 0.449. The Hall–Kier alpha value is -1.15. The van der Waals surface area contributed by atoms with Crippen LogP contribution in [0.15, 0.2) is 11.5 Å². The average Bonchev–Trinajstić information content (AvgIpc) is 2.11. The Morgan fingerprint density at radius 1 is 1.60 bits per heavy atom. The van der Waals surface area contributed by atoms with Gasteiger partial charge in [0, 0.05) is 0 Å². The number of sulfonamides is 1. The first-order chi connectivity index (χ1) is 4.50. The lowest BCUT2D eigenvalue weighted by molar-refractivity contribution is 0.587. The third-order valence-electron chi connectivity index (χ3n) is 0.742. The molecule has 1 heterocycles. The number of primary sulfonamides is 1. The molecule has 0 saturated heterocycles. The summed E-state index contributed by atoms with van der Waals surface area (Å²) >= 11 is 0. The van der Waals surface area contributed by atoms with Crippen molar-refractivity contribution in [2.45, 2.75) is 5.16 Å². The van der Waals surface area contributed by atoms with Crippen LogP contribution < -0.4 is 11.0 Å². The minimum absolute atomic E-state index is 0.477. The van der Waals surface area contributed by atoms with Crippen molar-refractivity contribution in [1.82, 2.24) is 14.9 Å². The van der Waals surface area contributed by atoms with Crippen molar-refractivity contribution in [3.8, 4) is 0 Å². The van der Waals surface area contributed by atoms with E-state index in [0.29, 0.717) is 0 Å². The maximum absolute atomic E-state index is 10.4. The molecule has 0 aliphatic heterocycles. The van der Waals surface area contributed by atoms with Crippen molar-refractivity contribution >= 4 is 10.0 Å². The van der Waals surface area contributed by atoms with Gasteiger partial charge in [0.25, 0.3) is 15.2 Å². The predicted molar refractivity (Wildman–Crippen MR) is 31.5 cm³/mol. The van der Waals surface area contributed by atoms with Crippen LogP contribution in [0.25, 0.3) is 0 Å². The van der Waals surface area contributed by atoms with Crippen molar-refractivity contribution in [1.29, 1.82) is 0 Å². The molecule has 0 unspecified atom stereocenters. The van der Waals surface area contributed by atoms with E-state index in [0.717, 1.165) is 11.1 Å². The Morgan fingerprint density at radius 2 is 2.20 bits per heavy atom. The van der Waals surface area contributed by atoms with Gasteiger partial charge in [-0.25, -0.2) is 18.5 Å². The van der Waals surface area contributed by atoms with Gasteiger partial charge in [-0.3, -0.25) is 0 Å². The van der Waals surface area contributed by atoms with Crippen LogP contribution in [0.4, 0.5) is 0 Å². The molecule has 0 bridgehead atoms. The summed E-state index contributed by atoms with van der Waals surface area (Å²) in [4.78, 5) is 4.06. The van der Waals surface area contributed by atoms with E-state index in [1.54, 1.807) is 0 Å². The number of hydrogen-bond donors (Lipinski definition) is 2. The zero-order valence-electron chi connectivity index (χ0n) is 4.80. The first kappa shape index (κ1) is 6.96. The monoisotopic (exact) mass is 163 g/mol. The van der Waals surface area contributed by atoms with Crippen LogP contribution in [0.3, 0.4) is 0 Å². The summed E-state index contributed by atoms with van der Waals surface area (Å²) in [5.41, 5.74) is 0. The van der Waals surface area contributed by atoms with E-state index >= 15 is 0 Å². The maximum atomic E-state index is 10.4. The van der Waals surface area contributed by atoms with Crippen molar-refractivity contribution < 1.29 is 8.42 Å². The van der Waals surface area contributed by atoms with Gasteiger partial charge in [-0.2, -0.15) is 4.79 Å². The molecule has 10 heavy (non-hydrogen) atoms. The van der Waals surface area contributed by atoms with Crippen LogP contribution in [0.1, 0.15) is 0 Å². The zero-order valence-corrected chi connectivity index (χ0v) is 5.61. The Morgan fingerprint density at radius 3 is 2.40 bits per heavy atom. The predicted octanol–water partition coefficient (Wildman–Crippen LogP) is -2.36. The normalized spacial score (nSPS) is 11.7. The highest BCUT2D eigenvalue weighted by molar-refractivity contribution is 7.89. The third-order valence-corrected chi connectivity index (χ3v) is 1.44. The Bertz CT molecular complexity index is 325. The molecule has 8 heteroatoms. The fraction of sp³-hybridized carbons (Fsp3) is 0. The van der Waals surface area contributed by atoms with Crippen LogP contribution >= 0.6 is 0 Å². The number of hydrogen-bond acceptors (Lipinski definition) is 5. The number of nitrogens with two attached hydrogens (primary N) is 2. The molecule has 0 amide bonds. The molecule has 0 atom stereocenters. The molecular formula is C2H5N5O2S. The highest BCUT2D eigenvalue weighted by atomic mass is 32.2. The van der Waals surface area contributed by atoms with E-state index < -0.39 is 15.2 Å².